The molecule has 0 aromatic carbocycles. The molecule has 0 N–H and O–H groups in total. The van der Waals surface area contributed by atoms with Gasteiger partial charge in [0.05, 0.1) is 12.7 Å². The van der Waals surface area contributed by atoms with Crippen molar-refractivity contribution in [2.75, 3.05) is 0 Å². The molecule has 0 bridgehead atoms. The van der Waals surface area contributed by atoms with Gasteiger partial charge in [-0.1, -0.05) is 24.8 Å². The third-order valence-electron chi connectivity index (χ3n) is 4.18. The van der Waals surface area contributed by atoms with Crippen molar-refractivity contribution in [2.45, 2.75) is 13.8 Å². The topological polar surface area (TPSA) is 61.4 Å². The molecule has 0 aliphatic carbocycles. The molecule has 4 aromatic rings. The molecule has 0 aliphatic heterocycles. The third-order valence-corrected chi connectivity index (χ3v) is 4.18. The van der Waals surface area contributed by atoms with Gasteiger partial charge in [-0.05, 0) is 25.2 Å². The molecule has 27 heavy (non-hydrogen) atoms. The van der Waals surface area contributed by atoms with Gasteiger partial charge in [0.1, 0.15) is 0 Å². The average molecular weight is 540 g/mol. The van der Waals surface area contributed by atoms with E-state index in [-0.39, 0.29) is 21.1 Å². The Balaban J connectivity index is 0.000000187. The van der Waals surface area contributed by atoms with Crippen molar-refractivity contribution in [2.24, 2.45) is 14.1 Å². The van der Waals surface area contributed by atoms with E-state index in [4.69, 9.17) is 0 Å². The van der Waals surface area contributed by atoms with Crippen LogP contribution in [0.2, 0.25) is 0 Å². The monoisotopic (exact) mass is 539 g/mol. The number of imidazole rings is 2. The Bertz CT molecular complexity index is 895. The molecule has 0 saturated heterocycles. The van der Waals surface area contributed by atoms with Gasteiger partial charge in [-0.2, -0.15) is 0 Å². The zero-order valence-corrected chi connectivity index (χ0v) is 17.9. The fourth-order valence-corrected chi connectivity index (χ4v) is 2.42. The number of pyridine rings is 2. The number of aryl methyl sites for hydroxylation is 2. The molecule has 0 fully saturated rings. The summed E-state index contributed by atoms with van der Waals surface area (Å²) < 4.78 is 3.96. The number of rotatable bonds is 2. The van der Waals surface area contributed by atoms with Crippen molar-refractivity contribution in [3.05, 3.63) is 73.1 Å². The average Bonchev–Trinajstić information content (AvgIpc) is 3.19. The van der Waals surface area contributed by atoms with E-state index >= 15 is 0 Å². The number of nitrogens with zero attached hydrogens (tertiary/aromatic N) is 6. The zero-order valence-electron chi connectivity index (χ0n) is 15.6. The Morgan fingerprint density at radius 1 is 0.741 bits per heavy atom. The van der Waals surface area contributed by atoms with Crippen LogP contribution in [0.1, 0.15) is 11.4 Å². The maximum absolute atomic E-state index is 4.28. The first-order valence-corrected chi connectivity index (χ1v) is 8.18. The van der Waals surface area contributed by atoms with E-state index in [9.17, 15) is 0 Å². The zero-order chi connectivity index (χ0) is 18.5. The van der Waals surface area contributed by atoms with E-state index < -0.39 is 0 Å². The minimum Gasteiger partial charge on any atom is -0.360 e. The summed E-state index contributed by atoms with van der Waals surface area (Å²) in [6.45, 7) is 4.06. The molecular weight excluding hydrogens is 519 g/mol. The summed E-state index contributed by atoms with van der Waals surface area (Å²) in [5.74, 6) is 0. The summed E-state index contributed by atoms with van der Waals surface area (Å²) in [6.07, 6.45) is 10.6. The van der Waals surface area contributed by atoms with Crippen LogP contribution in [0.4, 0.5) is 0 Å². The van der Waals surface area contributed by atoms with Crippen molar-refractivity contribution in [1.29, 1.82) is 0 Å². The summed E-state index contributed by atoms with van der Waals surface area (Å²) >= 11 is 0. The van der Waals surface area contributed by atoms with E-state index in [2.05, 4.69) is 32.1 Å². The van der Waals surface area contributed by atoms with Crippen molar-refractivity contribution in [3.63, 3.8) is 0 Å². The second-order valence-corrected chi connectivity index (χ2v) is 5.88. The van der Waals surface area contributed by atoms with Crippen LogP contribution in [0.3, 0.4) is 0 Å². The minimum atomic E-state index is 0. The molecule has 4 rings (SSSR count). The Labute approximate surface area is 173 Å². The Morgan fingerprint density at radius 3 is 1.41 bits per heavy atom. The van der Waals surface area contributed by atoms with Crippen molar-refractivity contribution < 1.29 is 21.1 Å². The molecule has 0 radical (unpaired) electrons. The molecule has 4 aromatic heterocycles. The summed E-state index contributed by atoms with van der Waals surface area (Å²) in [5, 5.41) is 0. The van der Waals surface area contributed by atoms with E-state index in [1.165, 1.54) is 0 Å². The number of hydrogen-bond donors (Lipinski definition) is 0. The van der Waals surface area contributed by atoms with Crippen LogP contribution in [-0.4, -0.2) is 29.1 Å². The van der Waals surface area contributed by atoms with E-state index in [1.54, 1.807) is 49.6 Å². The molecule has 0 amide bonds. The van der Waals surface area contributed by atoms with Gasteiger partial charge >= 0.3 is 21.1 Å². The van der Waals surface area contributed by atoms with Gasteiger partial charge < -0.3 is 19.1 Å². The SMILES string of the molecule is Cc1c(-c2[c-]ccnc2)ncn1C.Cc1c(-c2[c-]ccnc2)ncn1C.[Pt+2]. The smallest absolute Gasteiger partial charge is 0.360 e. The second kappa shape index (κ2) is 9.38. The summed E-state index contributed by atoms with van der Waals surface area (Å²) in [6, 6.07) is 9.79. The molecular formula is C20H20N6Pt. The molecule has 4 heterocycles. The van der Waals surface area contributed by atoms with E-state index in [1.807, 2.05) is 37.1 Å². The number of aromatic nitrogens is 6. The predicted molar refractivity (Wildman–Crippen MR) is 100 cm³/mol. The Hall–Kier alpha value is -2.59. The largest absolute Gasteiger partial charge is 2.00 e. The number of hydrogen-bond acceptors (Lipinski definition) is 4. The molecule has 0 unspecified atom stereocenters. The normalized spacial score (nSPS) is 9.93. The standard InChI is InChI=1S/2C10H10N3.Pt/c2*1-8-10(12-7-13(8)2)9-4-3-5-11-6-9;/h2*3,5-7H,1-2H3;/q2*-1;+2. The fraction of sp³-hybridized carbons (Fsp3) is 0.200. The minimum absolute atomic E-state index is 0. The van der Waals surface area contributed by atoms with Gasteiger partial charge in [0.2, 0.25) is 0 Å². The quantitative estimate of drug-likeness (QED) is 0.368. The van der Waals surface area contributed by atoms with Gasteiger partial charge in [0.25, 0.3) is 0 Å². The Morgan fingerprint density at radius 2 is 1.15 bits per heavy atom. The van der Waals surface area contributed by atoms with Gasteiger partial charge in [0.15, 0.2) is 0 Å². The van der Waals surface area contributed by atoms with E-state index in [0.29, 0.717) is 0 Å². The molecule has 140 valence electrons. The van der Waals surface area contributed by atoms with Crippen LogP contribution in [0, 0.1) is 26.0 Å². The fourth-order valence-electron chi connectivity index (χ4n) is 2.42. The van der Waals surface area contributed by atoms with Crippen LogP contribution in [0.25, 0.3) is 22.5 Å². The van der Waals surface area contributed by atoms with Crippen molar-refractivity contribution in [1.82, 2.24) is 29.1 Å². The summed E-state index contributed by atoms with van der Waals surface area (Å²) in [4.78, 5) is 16.6. The van der Waals surface area contributed by atoms with Gasteiger partial charge in [-0.25, -0.2) is 0 Å². The molecule has 0 saturated carbocycles. The summed E-state index contributed by atoms with van der Waals surface area (Å²) in [5.41, 5.74) is 6.06. The summed E-state index contributed by atoms with van der Waals surface area (Å²) in [7, 11) is 3.95. The molecule has 7 heteroatoms. The van der Waals surface area contributed by atoms with Crippen molar-refractivity contribution >= 4 is 0 Å². The Kier molecular flexibility index (Phi) is 7.19. The van der Waals surface area contributed by atoms with Crippen molar-refractivity contribution in [3.8, 4) is 22.5 Å². The molecule has 0 spiro atoms. The maximum Gasteiger partial charge on any atom is 2.00 e. The predicted octanol–water partition coefficient (Wildman–Crippen LogP) is 3.18. The first-order valence-electron chi connectivity index (χ1n) is 8.18. The maximum atomic E-state index is 4.28. The van der Waals surface area contributed by atoms with Crippen LogP contribution in [0.5, 0.6) is 0 Å². The third kappa shape index (κ3) is 4.77. The van der Waals surface area contributed by atoms with Crippen LogP contribution < -0.4 is 0 Å². The van der Waals surface area contributed by atoms with Crippen LogP contribution in [-0.2, 0) is 35.2 Å². The van der Waals surface area contributed by atoms with Crippen LogP contribution in [0.15, 0.2) is 49.6 Å². The first-order chi connectivity index (χ1) is 12.6. The second-order valence-electron chi connectivity index (χ2n) is 5.88. The van der Waals surface area contributed by atoms with Gasteiger partial charge in [-0.15, -0.1) is 35.4 Å². The molecule has 0 aliphatic rings. The molecule has 0 atom stereocenters. The molecule has 6 nitrogen and oxygen atoms in total. The van der Waals surface area contributed by atoms with E-state index in [0.717, 1.165) is 33.9 Å². The van der Waals surface area contributed by atoms with Gasteiger partial charge in [-0.3, -0.25) is 9.97 Å². The van der Waals surface area contributed by atoms with Gasteiger partial charge in [0, 0.05) is 25.5 Å². The first kappa shape index (κ1) is 20.7. The van der Waals surface area contributed by atoms with Crippen LogP contribution >= 0.6 is 0 Å².